The summed E-state index contributed by atoms with van der Waals surface area (Å²) in [6, 6.07) is 8.76. The van der Waals surface area contributed by atoms with Crippen LogP contribution in [0.15, 0.2) is 41.9 Å². The van der Waals surface area contributed by atoms with Gasteiger partial charge in [-0.2, -0.15) is 10.4 Å². The molecule has 2 bridgehead atoms. The number of halogens is 1. The molecule has 6 rings (SSSR count). The van der Waals surface area contributed by atoms with E-state index in [0.717, 1.165) is 30.5 Å². The highest BCUT2D eigenvalue weighted by molar-refractivity contribution is 7.12. The van der Waals surface area contributed by atoms with E-state index < -0.39 is 35.5 Å². The lowest BCUT2D eigenvalue weighted by molar-refractivity contribution is -0.128. The number of ether oxygens (including phenoxy) is 1. The summed E-state index contributed by atoms with van der Waals surface area (Å²) in [5.74, 6) is -0.987. The molecule has 0 unspecified atom stereocenters. The molecule has 44 heavy (non-hydrogen) atoms. The van der Waals surface area contributed by atoms with Gasteiger partial charge < -0.3 is 15.0 Å². The van der Waals surface area contributed by atoms with Gasteiger partial charge in [0, 0.05) is 25.2 Å². The molecule has 1 aromatic carbocycles. The highest BCUT2D eigenvalue weighted by Crippen LogP contribution is 2.43. The van der Waals surface area contributed by atoms with Crippen LogP contribution in [0.2, 0.25) is 0 Å². The van der Waals surface area contributed by atoms with Gasteiger partial charge in [0.05, 0.1) is 29.7 Å². The summed E-state index contributed by atoms with van der Waals surface area (Å²) in [6.45, 7) is 7.05. The minimum Gasteiger partial charge on any atom is -0.444 e. The van der Waals surface area contributed by atoms with Crippen molar-refractivity contribution in [2.75, 3.05) is 6.54 Å². The van der Waals surface area contributed by atoms with Gasteiger partial charge in [0.15, 0.2) is 0 Å². The first-order valence-electron chi connectivity index (χ1n) is 14.9. The van der Waals surface area contributed by atoms with E-state index in [9.17, 15) is 19.6 Å². The van der Waals surface area contributed by atoms with Crippen LogP contribution in [0, 0.1) is 23.1 Å². The zero-order valence-electron chi connectivity index (χ0n) is 25.0. The third-order valence-corrected chi connectivity index (χ3v) is 9.50. The summed E-state index contributed by atoms with van der Waals surface area (Å²) < 4.78 is 22.8. The number of hydrogen-bond acceptors (Lipinski definition) is 7. The van der Waals surface area contributed by atoms with Crippen LogP contribution in [0.25, 0.3) is 11.1 Å². The van der Waals surface area contributed by atoms with E-state index in [2.05, 4.69) is 16.5 Å². The topological polar surface area (TPSA) is 121 Å². The van der Waals surface area contributed by atoms with E-state index >= 15 is 4.39 Å². The highest BCUT2D eigenvalue weighted by atomic mass is 32.1. The minimum absolute atomic E-state index is 0.00341. The van der Waals surface area contributed by atoms with Crippen LogP contribution in [0.4, 0.5) is 9.18 Å². The summed E-state index contributed by atoms with van der Waals surface area (Å²) in [7, 11) is 0. The van der Waals surface area contributed by atoms with E-state index in [4.69, 9.17) is 4.74 Å². The smallest absolute Gasteiger partial charge is 0.411 e. The molecule has 3 aromatic rings. The maximum atomic E-state index is 15.3. The monoisotopic (exact) mass is 618 g/mol. The fourth-order valence-electron chi connectivity index (χ4n) is 6.52. The lowest BCUT2D eigenvalue weighted by atomic mass is 9.97. The molecule has 0 spiro atoms. The molecule has 2 aromatic heterocycles. The third-order valence-electron chi connectivity index (χ3n) is 8.58. The lowest BCUT2D eigenvalue weighted by Crippen LogP contribution is -2.55. The number of thiophene rings is 1. The third kappa shape index (κ3) is 5.93. The van der Waals surface area contributed by atoms with Crippen molar-refractivity contribution < 1.29 is 23.5 Å². The number of nitrogens with zero attached hydrogens (tertiary/aromatic N) is 5. The first kappa shape index (κ1) is 29.8. The van der Waals surface area contributed by atoms with Crippen LogP contribution in [-0.4, -0.2) is 67.8 Å². The molecule has 12 heteroatoms. The van der Waals surface area contributed by atoms with E-state index in [1.165, 1.54) is 22.3 Å². The van der Waals surface area contributed by atoms with Crippen LogP contribution in [-0.2, 0) is 29.0 Å². The number of benzene rings is 1. The molecule has 2 aliphatic heterocycles. The molecule has 1 saturated heterocycles. The number of likely N-dealkylation sites (tertiary alicyclic amines) is 1. The SMILES string of the molecule is CC(C)(C)OC(=O)N1[C@@H]2CC[C@@H](C2)[C@H]1C(=O)N[C@H](C#N)Cc1ccc(-c2csc(C(=O)N3CCn4nccc4C3)c2)cc1F. The average Bonchev–Trinajstić information content (AvgIpc) is 3.79. The zero-order chi connectivity index (χ0) is 31.2. The number of amides is 3. The van der Waals surface area contributed by atoms with Crippen LogP contribution >= 0.6 is 11.3 Å². The Labute approximate surface area is 259 Å². The van der Waals surface area contributed by atoms with Crippen molar-refractivity contribution in [2.45, 2.75) is 83.3 Å². The van der Waals surface area contributed by atoms with Crippen molar-refractivity contribution in [3.05, 3.63) is 63.9 Å². The molecule has 0 radical (unpaired) electrons. The Morgan fingerprint density at radius 1 is 1.18 bits per heavy atom. The van der Waals surface area contributed by atoms with Crippen molar-refractivity contribution in [2.24, 2.45) is 5.92 Å². The predicted molar refractivity (Wildman–Crippen MR) is 161 cm³/mol. The van der Waals surface area contributed by atoms with Gasteiger partial charge in [-0.1, -0.05) is 12.1 Å². The van der Waals surface area contributed by atoms with E-state index in [-0.39, 0.29) is 29.9 Å². The Morgan fingerprint density at radius 3 is 2.75 bits per heavy atom. The molecule has 230 valence electrons. The standard InChI is InChI=1S/C32H35FN6O4S/c1-32(2,3)43-31(42)39-24-7-6-21(13-24)28(39)29(40)36-23(16-34)12-20-5-4-19(14-26(20)33)22-15-27(44-18-22)30(41)37-10-11-38-25(17-37)8-9-35-38/h4-5,8-9,14-15,18,21,23-24,28H,6-7,10-13,17H2,1-3H3,(H,36,40)/t21-,23-,24+,28-/m0/s1. The predicted octanol–water partition coefficient (Wildman–Crippen LogP) is 4.75. The van der Waals surface area contributed by atoms with E-state index in [0.29, 0.717) is 30.1 Å². The van der Waals surface area contributed by atoms with Gasteiger partial charge in [-0.15, -0.1) is 11.3 Å². The minimum atomic E-state index is -0.978. The highest BCUT2D eigenvalue weighted by Gasteiger charge is 2.52. The second-order valence-electron chi connectivity index (χ2n) is 12.7. The first-order chi connectivity index (χ1) is 21.0. The summed E-state index contributed by atoms with van der Waals surface area (Å²) in [5, 5.41) is 18.7. The first-order valence-corrected chi connectivity index (χ1v) is 15.8. The number of carbonyl (C=O) groups excluding carboxylic acids is 3. The van der Waals surface area contributed by atoms with Crippen LogP contribution in [0.1, 0.15) is 61.0 Å². The van der Waals surface area contributed by atoms with Crippen LogP contribution in [0.3, 0.4) is 0 Å². The maximum absolute atomic E-state index is 15.3. The summed E-state index contributed by atoms with van der Waals surface area (Å²) in [4.78, 5) is 43.3. The van der Waals surface area contributed by atoms with Gasteiger partial charge >= 0.3 is 6.09 Å². The number of aromatic nitrogens is 2. The van der Waals surface area contributed by atoms with Gasteiger partial charge in [-0.05, 0) is 86.2 Å². The van der Waals surface area contributed by atoms with Crippen LogP contribution in [0.5, 0.6) is 0 Å². The number of piperidine rings is 1. The summed E-state index contributed by atoms with van der Waals surface area (Å²) >= 11 is 1.32. The summed E-state index contributed by atoms with van der Waals surface area (Å²) in [6.07, 6.45) is 3.55. The molecule has 3 aliphatic rings. The Morgan fingerprint density at radius 2 is 2.00 bits per heavy atom. The average molecular weight is 619 g/mol. The molecule has 1 aliphatic carbocycles. The normalized spacial score (nSPS) is 21.5. The molecule has 4 atom stereocenters. The van der Waals surface area contributed by atoms with Crippen molar-refractivity contribution in [1.29, 1.82) is 5.26 Å². The molecular weight excluding hydrogens is 583 g/mol. The quantitative estimate of drug-likeness (QED) is 0.426. The number of nitrogens with one attached hydrogen (secondary N) is 1. The van der Waals surface area contributed by atoms with Crippen molar-refractivity contribution in [1.82, 2.24) is 24.9 Å². The fourth-order valence-corrected chi connectivity index (χ4v) is 7.40. The second-order valence-corrected chi connectivity index (χ2v) is 13.6. The van der Waals surface area contributed by atoms with Gasteiger partial charge in [-0.25, -0.2) is 9.18 Å². The molecule has 3 amide bonds. The summed E-state index contributed by atoms with van der Waals surface area (Å²) in [5.41, 5.74) is 1.92. The fraction of sp³-hybridized carbons (Fsp3) is 0.469. The van der Waals surface area contributed by atoms with E-state index in [1.54, 1.807) is 50.1 Å². The number of nitriles is 1. The molecule has 4 heterocycles. The number of rotatable bonds is 6. The maximum Gasteiger partial charge on any atom is 0.411 e. The Bertz CT molecular complexity index is 1640. The van der Waals surface area contributed by atoms with Crippen LogP contribution < -0.4 is 5.32 Å². The molecule has 2 fully saturated rings. The van der Waals surface area contributed by atoms with Gasteiger partial charge in [0.2, 0.25) is 5.91 Å². The van der Waals surface area contributed by atoms with E-state index in [1.807, 2.05) is 16.1 Å². The van der Waals surface area contributed by atoms with Gasteiger partial charge in [-0.3, -0.25) is 19.2 Å². The van der Waals surface area contributed by atoms with Crippen molar-refractivity contribution in [3.63, 3.8) is 0 Å². The Hall–Kier alpha value is -4.24. The largest absolute Gasteiger partial charge is 0.444 e. The van der Waals surface area contributed by atoms with Gasteiger partial charge in [0.1, 0.15) is 23.5 Å². The molecule has 1 N–H and O–H groups in total. The zero-order valence-corrected chi connectivity index (χ0v) is 25.8. The molecule has 1 saturated carbocycles. The molecule has 10 nitrogen and oxygen atoms in total. The van der Waals surface area contributed by atoms with Crippen molar-refractivity contribution in [3.8, 4) is 17.2 Å². The van der Waals surface area contributed by atoms with Crippen molar-refractivity contribution >= 4 is 29.2 Å². The number of hydrogen-bond donors (Lipinski definition) is 1. The van der Waals surface area contributed by atoms with Gasteiger partial charge in [0.25, 0.3) is 5.91 Å². The molecular formula is C32H35FN6O4S. The second kappa shape index (κ2) is 11.7. The lowest BCUT2D eigenvalue weighted by Gasteiger charge is -2.35. The Balaban J connectivity index is 1.10. The number of fused-ring (bicyclic) bond motifs is 3. The Kier molecular flexibility index (Phi) is 7.92. The number of carbonyl (C=O) groups is 3.